The van der Waals surface area contributed by atoms with E-state index in [1.54, 1.807) is 0 Å². The molecule has 0 fully saturated rings. The summed E-state index contributed by atoms with van der Waals surface area (Å²) in [5.41, 5.74) is 10.5. The lowest BCUT2D eigenvalue weighted by atomic mass is 10.7. The lowest BCUT2D eigenvalue weighted by Gasteiger charge is -2.25. The molecule has 1 aromatic rings. The van der Waals surface area contributed by atoms with Crippen LogP contribution in [0.3, 0.4) is 0 Å². The van der Waals surface area contributed by atoms with Crippen molar-refractivity contribution in [2.24, 2.45) is 0 Å². The van der Waals surface area contributed by atoms with Crippen molar-refractivity contribution in [1.82, 2.24) is 15.0 Å². The predicted octanol–water partition coefficient (Wildman–Crippen LogP) is -2.94. The molecule has 9 nitrogen and oxygen atoms in total. The summed E-state index contributed by atoms with van der Waals surface area (Å²) in [7, 11) is 1.13. The Hall–Kier alpha value is -1.71. The minimum atomic E-state index is -3.08. The Morgan fingerprint density at radius 1 is 1.07 bits per heavy atom. The van der Waals surface area contributed by atoms with Gasteiger partial charge >= 0.3 is 6.10 Å². The van der Waals surface area contributed by atoms with Crippen LogP contribution in [-0.2, 0) is 0 Å². The first-order valence-corrected chi connectivity index (χ1v) is 3.48. The van der Waals surface area contributed by atoms with Gasteiger partial charge in [0.25, 0.3) is 0 Å². The van der Waals surface area contributed by atoms with E-state index in [9.17, 15) is 0 Å². The number of aromatic nitrogens is 3. The van der Waals surface area contributed by atoms with E-state index < -0.39 is 6.10 Å². The van der Waals surface area contributed by atoms with E-state index in [1.807, 2.05) is 0 Å². The zero-order chi connectivity index (χ0) is 10.9. The highest BCUT2D eigenvalue weighted by atomic mass is 16.7. The third kappa shape index (κ3) is 2.16. The lowest BCUT2D eigenvalue weighted by molar-refractivity contribution is -0.308. The molecule has 9 heteroatoms. The average Bonchev–Trinajstić information content (AvgIpc) is 1.99. The smallest absolute Gasteiger partial charge is 0.368 e. The van der Waals surface area contributed by atoms with Crippen LogP contribution in [0.1, 0.15) is 0 Å². The predicted molar refractivity (Wildman–Crippen MR) is 46.4 cm³/mol. The number of hydrogen-bond acceptors (Lipinski definition) is 9. The van der Waals surface area contributed by atoms with Crippen molar-refractivity contribution in [3.05, 3.63) is 0 Å². The van der Waals surface area contributed by atoms with Crippen LogP contribution in [0.2, 0.25) is 0 Å². The molecule has 1 aromatic heterocycles. The summed E-state index contributed by atoms with van der Waals surface area (Å²) in [6.07, 6.45) is -3.08. The fourth-order valence-electron chi connectivity index (χ4n) is 0.681. The summed E-state index contributed by atoms with van der Waals surface area (Å²) in [4.78, 5) is 11.1. The summed E-state index contributed by atoms with van der Waals surface area (Å²) in [6.45, 7) is 0. The molecule has 0 unspecified atom stereocenters. The first kappa shape index (κ1) is 10.4. The van der Waals surface area contributed by atoms with Crippen molar-refractivity contribution < 1.29 is 15.3 Å². The second kappa shape index (κ2) is 3.21. The number of aliphatic hydroxyl groups is 3. The van der Waals surface area contributed by atoms with Crippen molar-refractivity contribution in [2.45, 2.75) is 6.10 Å². The molecule has 14 heavy (non-hydrogen) atoms. The van der Waals surface area contributed by atoms with Crippen LogP contribution in [0, 0.1) is 0 Å². The Kier molecular flexibility index (Phi) is 2.38. The maximum atomic E-state index is 8.78. The van der Waals surface area contributed by atoms with E-state index in [1.165, 1.54) is 0 Å². The molecule has 0 atom stereocenters. The number of nitrogens with two attached hydrogens (primary N) is 2. The van der Waals surface area contributed by atoms with Gasteiger partial charge in [0.2, 0.25) is 17.8 Å². The molecule has 0 amide bonds. The number of anilines is 3. The zero-order valence-corrected chi connectivity index (χ0v) is 7.29. The molecule has 78 valence electrons. The van der Waals surface area contributed by atoms with Crippen molar-refractivity contribution in [3.8, 4) is 0 Å². The van der Waals surface area contributed by atoms with E-state index >= 15 is 0 Å². The standard InChI is InChI=1S/C5H10N6O3/c1-11(5(12,13)14)4-9-2(6)8-3(7)10-4/h12-14H,1H3,(H4,6,7,8,9,10). The van der Waals surface area contributed by atoms with E-state index in [4.69, 9.17) is 26.8 Å². The SMILES string of the molecule is CN(c1nc(N)nc(N)n1)C(O)(O)O. The molecule has 0 aromatic carbocycles. The van der Waals surface area contributed by atoms with Crippen LogP contribution in [0.25, 0.3) is 0 Å². The largest absolute Gasteiger partial charge is 0.371 e. The van der Waals surface area contributed by atoms with E-state index in [2.05, 4.69) is 15.0 Å². The van der Waals surface area contributed by atoms with Gasteiger partial charge in [0.15, 0.2) is 0 Å². The Bertz CT molecular complexity index is 316. The zero-order valence-electron chi connectivity index (χ0n) is 7.29. The lowest BCUT2D eigenvalue weighted by Crippen LogP contribution is -2.47. The maximum absolute atomic E-state index is 8.78. The Morgan fingerprint density at radius 2 is 1.50 bits per heavy atom. The molecule has 0 saturated carbocycles. The highest BCUT2D eigenvalue weighted by Gasteiger charge is 2.28. The number of hydrogen-bond donors (Lipinski definition) is 5. The highest BCUT2D eigenvalue weighted by molar-refractivity contribution is 5.39. The Balaban J connectivity index is 3.07. The van der Waals surface area contributed by atoms with Gasteiger partial charge in [0.05, 0.1) is 0 Å². The maximum Gasteiger partial charge on any atom is 0.371 e. The minimum Gasteiger partial charge on any atom is -0.368 e. The molecule has 0 spiro atoms. The summed E-state index contributed by atoms with van der Waals surface area (Å²) in [5, 5.41) is 26.3. The van der Waals surface area contributed by atoms with Crippen molar-refractivity contribution >= 4 is 17.8 Å². The second-order valence-corrected chi connectivity index (χ2v) is 2.51. The van der Waals surface area contributed by atoms with Gasteiger partial charge in [-0.1, -0.05) is 0 Å². The van der Waals surface area contributed by atoms with Gasteiger partial charge in [0.1, 0.15) is 0 Å². The molecule has 1 heterocycles. The van der Waals surface area contributed by atoms with Crippen LogP contribution in [0.4, 0.5) is 17.8 Å². The molecule has 0 aliphatic carbocycles. The summed E-state index contributed by atoms with van der Waals surface area (Å²) >= 11 is 0. The summed E-state index contributed by atoms with van der Waals surface area (Å²) in [5.74, 6) is -0.644. The van der Waals surface area contributed by atoms with Crippen LogP contribution >= 0.6 is 0 Å². The van der Waals surface area contributed by atoms with Gasteiger partial charge in [-0.25, -0.2) is 0 Å². The molecule has 0 radical (unpaired) electrons. The summed E-state index contributed by atoms with van der Waals surface area (Å²) in [6, 6.07) is 0. The van der Waals surface area contributed by atoms with Gasteiger partial charge in [0, 0.05) is 7.05 Å². The van der Waals surface area contributed by atoms with Crippen LogP contribution in [0.5, 0.6) is 0 Å². The van der Waals surface area contributed by atoms with Gasteiger partial charge in [-0.2, -0.15) is 15.0 Å². The molecule has 0 aliphatic rings. The number of nitrogen functional groups attached to an aromatic ring is 2. The Morgan fingerprint density at radius 3 is 1.86 bits per heavy atom. The third-order valence-electron chi connectivity index (χ3n) is 1.41. The first-order valence-electron chi connectivity index (χ1n) is 3.48. The Labute approximate surface area is 78.6 Å². The number of nitrogens with zero attached hydrogens (tertiary/aromatic N) is 4. The molecule has 0 aliphatic heterocycles. The quantitative estimate of drug-likeness (QED) is 0.316. The van der Waals surface area contributed by atoms with Crippen molar-refractivity contribution in [2.75, 3.05) is 23.4 Å². The summed E-state index contributed by atoms with van der Waals surface area (Å²) < 4.78 is 0. The monoisotopic (exact) mass is 202 g/mol. The van der Waals surface area contributed by atoms with Gasteiger partial charge in [-0.05, 0) is 0 Å². The topological polar surface area (TPSA) is 155 Å². The molecule has 0 saturated heterocycles. The number of rotatable bonds is 2. The molecular formula is C5H10N6O3. The normalized spacial score (nSPS) is 11.4. The fourth-order valence-corrected chi connectivity index (χ4v) is 0.681. The second-order valence-electron chi connectivity index (χ2n) is 2.51. The highest BCUT2D eigenvalue weighted by Crippen LogP contribution is 2.13. The van der Waals surface area contributed by atoms with Crippen molar-refractivity contribution in [1.29, 1.82) is 0 Å². The molecular weight excluding hydrogens is 192 g/mol. The van der Waals surface area contributed by atoms with Crippen LogP contribution in [-0.4, -0.2) is 43.4 Å². The van der Waals surface area contributed by atoms with Crippen LogP contribution in [0.15, 0.2) is 0 Å². The van der Waals surface area contributed by atoms with Gasteiger partial charge in [-0.15, -0.1) is 0 Å². The molecule has 1 rings (SSSR count). The van der Waals surface area contributed by atoms with E-state index in [0.717, 1.165) is 7.05 Å². The molecule has 7 N–H and O–H groups in total. The first-order chi connectivity index (χ1) is 6.30. The van der Waals surface area contributed by atoms with E-state index in [-0.39, 0.29) is 17.8 Å². The van der Waals surface area contributed by atoms with Crippen LogP contribution < -0.4 is 16.4 Å². The average molecular weight is 202 g/mol. The minimum absolute atomic E-state index is 0.191. The molecule has 0 bridgehead atoms. The third-order valence-corrected chi connectivity index (χ3v) is 1.41. The van der Waals surface area contributed by atoms with Crippen molar-refractivity contribution in [3.63, 3.8) is 0 Å². The van der Waals surface area contributed by atoms with Gasteiger partial charge < -0.3 is 26.8 Å². The van der Waals surface area contributed by atoms with Gasteiger partial charge in [-0.3, -0.25) is 4.90 Å². The fraction of sp³-hybridized carbons (Fsp3) is 0.400. The van der Waals surface area contributed by atoms with E-state index in [0.29, 0.717) is 4.90 Å².